The molecule has 1 spiro atoms. The summed E-state index contributed by atoms with van der Waals surface area (Å²) in [5, 5.41) is 8.95. The second kappa shape index (κ2) is 5.90. The van der Waals surface area contributed by atoms with Crippen molar-refractivity contribution in [1.29, 1.82) is 0 Å². The maximum atomic E-state index is 12.0. The van der Waals surface area contributed by atoms with Crippen molar-refractivity contribution < 1.29 is 14.6 Å². The monoisotopic (exact) mass is 284 g/mol. The van der Waals surface area contributed by atoms with Gasteiger partial charge in [0, 0.05) is 38.3 Å². The Balaban J connectivity index is 1.82. The van der Waals surface area contributed by atoms with Crippen molar-refractivity contribution in [3.63, 3.8) is 0 Å². The van der Waals surface area contributed by atoms with Gasteiger partial charge in [-0.05, 0) is 46.5 Å². The highest BCUT2D eigenvalue weighted by atomic mass is 16.6. The molecule has 5 nitrogen and oxygen atoms in total. The summed E-state index contributed by atoms with van der Waals surface area (Å²) in [5.41, 5.74) is -0.135. The van der Waals surface area contributed by atoms with E-state index in [0.29, 0.717) is 0 Å². The normalized spacial score (nSPS) is 22.7. The van der Waals surface area contributed by atoms with E-state index in [9.17, 15) is 4.79 Å². The molecule has 0 aromatic rings. The van der Waals surface area contributed by atoms with Gasteiger partial charge in [0.25, 0.3) is 0 Å². The van der Waals surface area contributed by atoms with Gasteiger partial charge in [0.1, 0.15) is 5.60 Å². The molecule has 0 atom stereocenters. The van der Waals surface area contributed by atoms with Crippen LogP contribution in [0.4, 0.5) is 4.79 Å². The maximum absolute atomic E-state index is 12.0. The van der Waals surface area contributed by atoms with Crippen LogP contribution in [0, 0.1) is 0 Å². The highest BCUT2D eigenvalue weighted by molar-refractivity contribution is 5.68. The van der Waals surface area contributed by atoms with Crippen molar-refractivity contribution in [2.45, 2.75) is 57.6 Å². The number of piperidine rings is 1. The summed E-state index contributed by atoms with van der Waals surface area (Å²) in [5.74, 6) is 0. The average Bonchev–Trinajstić information content (AvgIpc) is 2.36. The Morgan fingerprint density at radius 3 is 2.25 bits per heavy atom. The molecule has 2 saturated heterocycles. The molecule has 5 heteroatoms. The molecule has 1 N–H and O–H groups in total. The number of aliphatic hydroxyl groups excluding tert-OH is 1. The summed E-state index contributed by atoms with van der Waals surface area (Å²) in [4.78, 5) is 16.4. The summed E-state index contributed by atoms with van der Waals surface area (Å²) in [6, 6.07) is 0. The number of ether oxygens (including phenoxy) is 1. The number of aliphatic hydroxyl groups is 1. The molecule has 0 aromatic heterocycles. The highest BCUT2D eigenvalue weighted by Crippen LogP contribution is 2.40. The molecule has 2 aliphatic rings. The lowest BCUT2D eigenvalue weighted by atomic mass is 9.76. The van der Waals surface area contributed by atoms with Gasteiger partial charge in [-0.15, -0.1) is 0 Å². The van der Waals surface area contributed by atoms with Gasteiger partial charge in [0.05, 0.1) is 0 Å². The Kier molecular flexibility index (Phi) is 4.59. The smallest absolute Gasteiger partial charge is 0.410 e. The second-order valence-electron chi connectivity index (χ2n) is 7.01. The molecule has 2 fully saturated rings. The molecule has 2 heterocycles. The zero-order chi connectivity index (χ0) is 14.8. The van der Waals surface area contributed by atoms with E-state index in [0.717, 1.165) is 45.4 Å². The van der Waals surface area contributed by atoms with Crippen LogP contribution in [-0.4, -0.2) is 64.9 Å². The van der Waals surface area contributed by atoms with Crippen molar-refractivity contribution in [2.75, 3.05) is 32.8 Å². The summed E-state index contributed by atoms with van der Waals surface area (Å²) in [6.07, 6.45) is 3.93. The lowest BCUT2D eigenvalue weighted by Gasteiger charge is -2.56. The SMILES string of the molecule is CC(C)(C)OC(=O)N1CCC2(CC1)CCN2CCCO. The summed E-state index contributed by atoms with van der Waals surface area (Å²) < 4.78 is 5.43. The molecule has 0 unspecified atom stereocenters. The number of carbonyl (C=O) groups is 1. The third kappa shape index (κ3) is 3.44. The molecule has 0 bridgehead atoms. The summed E-state index contributed by atoms with van der Waals surface area (Å²) in [7, 11) is 0. The lowest BCUT2D eigenvalue weighted by molar-refractivity contribution is -0.0632. The van der Waals surface area contributed by atoms with E-state index < -0.39 is 5.60 Å². The molecule has 0 radical (unpaired) electrons. The van der Waals surface area contributed by atoms with Crippen molar-refractivity contribution in [2.24, 2.45) is 0 Å². The van der Waals surface area contributed by atoms with Gasteiger partial charge < -0.3 is 14.7 Å². The van der Waals surface area contributed by atoms with E-state index in [-0.39, 0.29) is 18.2 Å². The van der Waals surface area contributed by atoms with Crippen LogP contribution < -0.4 is 0 Å². The maximum Gasteiger partial charge on any atom is 0.410 e. The molecule has 0 aromatic carbocycles. The van der Waals surface area contributed by atoms with Crippen LogP contribution in [0.5, 0.6) is 0 Å². The third-order valence-electron chi connectivity index (χ3n) is 4.45. The predicted molar refractivity (Wildman–Crippen MR) is 77.7 cm³/mol. The minimum atomic E-state index is -0.421. The van der Waals surface area contributed by atoms with E-state index in [4.69, 9.17) is 9.84 Å². The quantitative estimate of drug-likeness (QED) is 0.859. The first kappa shape index (κ1) is 15.6. The van der Waals surface area contributed by atoms with Gasteiger partial charge in [0.15, 0.2) is 0 Å². The zero-order valence-electron chi connectivity index (χ0n) is 13.0. The number of hydrogen-bond donors (Lipinski definition) is 1. The van der Waals surface area contributed by atoms with Gasteiger partial charge >= 0.3 is 6.09 Å². The summed E-state index contributed by atoms with van der Waals surface area (Å²) in [6.45, 7) is 9.64. The van der Waals surface area contributed by atoms with Crippen LogP contribution in [-0.2, 0) is 4.74 Å². The predicted octanol–water partition coefficient (Wildman–Crippen LogP) is 1.84. The standard InChI is InChI=1S/C15H28N2O3/c1-14(2,3)20-13(19)16-9-5-15(6-10-16)7-11-17(15)8-4-12-18/h18H,4-12H2,1-3H3. The first-order chi connectivity index (χ1) is 9.36. The van der Waals surface area contributed by atoms with Crippen LogP contribution in [0.1, 0.15) is 46.5 Å². The number of amides is 1. The largest absolute Gasteiger partial charge is 0.444 e. The fourth-order valence-corrected chi connectivity index (χ4v) is 3.19. The van der Waals surface area contributed by atoms with Crippen LogP contribution >= 0.6 is 0 Å². The Bertz CT molecular complexity index is 344. The van der Waals surface area contributed by atoms with Crippen molar-refractivity contribution in [3.8, 4) is 0 Å². The van der Waals surface area contributed by atoms with E-state index in [1.165, 1.54) is 6.42 Å². The number of hydrogen-bond acceptors (Lipinski definition) is 4. The van der Waals surface area contributed by atoms with Gasteiger partial charge in [-0.3, -0.25) is 4.90 Å². The molecule has 0 saturated carbocycles. The lowest BCUT2D eigenvalue weighted by Crippen LogP contribution is -2.64. The molecule has 116 valence electrons. The molecule has 0 aliphatic carbocycles. The molecular weight excluding hydrogens is 256 g/mol. The fraction of sp³-hybridized carbons (Fsp3) is 0.933. The number of rotatable bonds is 3. The minimum Gasteiger partial charge on any atom is -0.444 e. The third-order valence-corrected chi connectivity index (χ3v) is 4.45. The van der Waals surface area contributed by atoms with E-state index >= 15 is 0 Å². The molecule has 1 amide bonds. The molecule has 2 rings (SSSR count). The van der Waals surface area contributed by atoms with Crippen molar-refractivity contribution in [1.82, 2.24) is 9.80 Å². The topological polar surface area (TPSA) is 53.0 Å². The van der Waals surface area contributed by atoms with Crippen molar-refractivity contribution in [3.05, 3.63) is 0 Å². The Morgan fingerprint density at radius 2 is 1.80 bits per heavy atom. The molecular formula is C15H28N2O3. The van der Waals surface area contributed by atoms with Gasteiger partial charge in [-0.2, -0.15) is 0 Å². The number of carbonyl (C=O) groups excluding carboxylic acids is 1. The van der Waals surface area contributed by atoms with Crippen LogP contribution in [0.2, 0.25) is 0 Å². The van der Waals surface area contributed by atoms with E-state index in [2.05, 4.69) is 4.90 Å². The minimum absolute atomic E-state index is 0.186. The van der Waals surface area contributed by atoms with E-state index in [1.807, 2.05) is 25.7 Å². The van der Waals surface area contributed by atoms with Crippen LogP contribution in [0.15, 0.2) is 0 Å². The second-order valence-corrected chi connectivity index (χ2v) is 7.01. The van der Waals surface area contributed by atoms with Gasteiger partial charge in [-0.1, -0.05) is 0 Å². The highest BCUT2D eigenvalue weighted by Gasteiger charge is 2.46. The fourth-order valence-electron chi connectivity index (χ4n) is 3.19. The van der Waals surface area contributed by atoms with E-state index in [1.54, 1.807) is 0 Å². The first-order valence-electron chi connectivity index (χ1n) is 7.70. The Hall–Kier alpha value is -0.810. The van der Waals surface area contributed by atoms with Crippen LogP contribution in [0.3, 0.4) is 0 Å². The van der Waals surface area contributed by atoms with Gasteiger partial charge in [-0.25, -0.2) is 4.79 Å². The first-order valence-corrected chi connectivity index (χ1v) is 7.70. The van der Waals surface area contributed by atoms with Crippen molar-refractivity contribution >= 4 is 6.09 Å². The number of likely N-dealkylation sites (tertiary alicyclic amines) is 2. The van der Waals surface area contributed by atoms with Gasteiger partial charge in [0.2, 0.25) is 0 Å². The Morgan fingerprint density at radius 1 is 1.20 bits per heavy atom. The van der Waals surface area contributed by atoms with Crippen LogP contribution in [0.25, 0.3) is 0 Å². The zero-order valence-corrected chi connectivity index (χ0v) is 13.0. The average molecular weight is 284 g/mol. The molecule has 2 aliphatic heterocycles. The summed E-state index contributed by atoms with van der Waals surface area (Å²) >= 11 is 0. The number of nitrogens with zero attached hydrogens (tertiary/aromatic N) is 2. The molecule has 20 heavy (non-hydrogen) atoms. The Labute approximate surface area is 121 Å².